The maximum atomic E-state index is 13.0. The van der Waals surface area contributed by atoms with Gasteiger partial charge in [0, 0.05) is 43.8 Å². The highest BCUT2D eigenvalue weighted by Gasteiger charge is 2.22. The van der Waals surface area contributed by atoms with Gasteiger partial charge in [0.1, 0.15) is 0 Å². The highest BCUT2D eigenvalue weighted by Crippen LogP contribution is 2.22. The second-order valence-electron chi connectivity index (χ2n) is 7.52. The van der Waals surface area contributed by atoms with Crippen LogP contribution in [0.3, 0.4) is 0 Å². The van der Waals surface area contributed by atoms with Crippen LogP contribution in [0.1, 0.15) is 21.5 Å². The fraction of sp³-hybridized carbons (Fsp3) is 0.250. The summed E-state index contributed by atoms with van der Waals surface area (Å²) in [6.07, 6.45) is 3.41. The lowest BCUT2D eigenvalue weighted by Crippen LogP contribution is -2.48. The number of benzene rings is 2. The molecule has 3 aromatic rings. The molecule has 0 bridgehead atoms. The lowest BCUT2D eigenvalue weighted by Gasteiger charge is -2.36. The van der Waals surface area contributed by atoms with E-state index in [0.717, 1.165) is 24.5 Å². The Hall–Kier alpha value is -3.34. The number of amides is 1. The summed E-state index contributed by atoms with van der Waals surface area (Å²) in [6, 6.07) is 18.5. The van der Waals surface area contributed by atoms with Gasteiger partial charge in [0.05, 0.1) is 17.4 Å². The molecule has 0 aliphatic carbocycles. The van der Waals surface area contributed by atoms with Crippen molar-refractivity contribution in [1.82, 2.24) is 9.88 Å². The summed E-state index contributed by atoms with van der Waals surface area (Å²) in [6.45, 7) is 7.25. The van der Waals surface area contributed by atoms with Crippen molar-refractivity contribution in [2.24, 2.45) is 0 Å². The minimum Gasteiger partial charge on any atom is -0.368 e. The average Bonchev–Trinajstić information content (AvgIpc) is 2.76. The van der Waals surface area contributed by atoms with E-state index in [1.165, 1.54) is 16.8 Å². The van der Waals surface area contributed by atoms with Gasteiger partial charge >= 0.3 is 0 Å². The van der Waals surface area contributed by atoms with Crippen LogP contribution in [-0.4, -0.2) is 42.0 Å². The van der Waals surface area contributed by atoms with Crippen LogP contribution >= 0.6 is 0 Å². The summed E-state index contributed by atoms with van der Waals surface area (Å²) in [5, 5.41) is 3.38. The molecule has 1 N–H and O–H groups in total. The Balaban J connectivity index is 1.42. The first-order valence-electron chi connectivity index (χ1n) is 9.99. The quantitative estimate of drug-likeness (QED) is 0.722. The van der Waals surface area contributed by atoms with E-state index in [4.69, 9.17) is 0 Å². The monoisotopic (exact) mass is 386 g/mol. The molecule has 1 aliphatic heterocycles. The lowest BCUT2D eigenvalue weighted by atomic mass is 10.1. The number of aryl methyl sites for hydroxylation is 2. The maximum Gasteiger partial charge on any atom is 0.255 e. The molecule has 2 heterocycles. The summed E-state index contributed by atoms with van der Waals surface area (Å²) in [5.74, 6) is 0.0366. The molecule has 1 amide bonds. The minimum atomic E-state index is 0.0366. The Kier molecular flexibility index (Phi) is 5.47. The molecule has 2 aromatic carbocycles. The molecule has 5 heteroatoms. The molecule has 0 spiro atoms. The first-order chi connectivity index (χ1) is 14.1. The number of carbonyl (C=O) groups excluding carboxylic acids is 1. The van der Waals surface area contributed by atoms with Gasteiger partial charge in [-0.2, -0.15) is 0 Å². The minimum absolute atomic E-state index is 0.0366. The molecule has 148 valence electrons. The van der Waals surface area contributed by atoms with Crippen molar-refractivity contribution >= 4 is 23.0 Å². The number of hydrogen-bond donors (Lipinski definition) is 1. The van der Waals surface area contributed by atoms with Crippen LogP contribution in [0.5, 0.6) is 0 Å². The molecular formula is C24H26N4O. The molecule has 4 rings (SSSR count). The zero-order valence-electron chi connectivity index (χ0n) is 16.9. The number of hydrogen-bond acceptors (Lipinski definition) is 4. The number of para-hydroxylation sites is 1. The van der Waals surface area contributed by atoms with Crippen LogP contribution in [0.4, 0.5) is 17.1 Å². The molecule has 1 saturated heterocycles. The predicted octanol–water partition coefficient (Wildman–Crippen LogP) is 4.40. The van der Waals surface area contributed by atoms with Gasteiger partial charge in [0.2, 0.25) is 0 Å². The molecule has 29 heavy (non-hydrogen) atoms. The third-order valence-electron chi connectivity index (χ3n) is 5.33. The molecule has 0 atom stereocenters. The van der Waals surface area contributed by atoms with Crippen LogP contribution < -0.4 is 10.2 Å². The van der Waals surface area contributed by atoms with Crippen LogP contribution in [-0.2, 0) is 0 Å². The lowest BCUT2D eigenvalue weighted by molar-refractivity contribution is 0.0746. The SMILES string of the molecule is Cc1ccc(Nc2cncc(C(=O)N3CCN(c4ccccc4)CC3)c2)c(C)c1. The van der Waals surface area contributed by atoms with Crippen molar-refractivity contribution in [3.63, 3.8) is 0 Å². The van der Waals surface area contributed by atoms with Crippen molar-refractivity contribution in [2.45, 2.75) is 13.8 Å². The number of carbonyl (C=O) groups is 1. The predicted molar refractivity (Wildman–Crippen MR) is 118 cm³/mol. The van der Waals surface area contributed by atoms with Gasteiger partial charge in [-0.15, -0.1) is 0 Å². The molecule has 1 aromatic heterocycles. The first-order valence-corrected chi connectivity index (χ1v) is 9.99. The molecule has 1 aliphatic rings. The van der Waals surface area contributed by atoms with Gasteiger partial charge in [-0.1, -0.05) is 35.9 Å². The number of piperazine rings is 1. The Morgan fingerprint density at radius 2 is 1.69 bits per heavy atom. The standard InChI is InChI=1S/C24H26N4O/c1-18-8-9-23(19(2)14-18)26-21-15-20(16-25-17-21)24(29)28-12-10-27(11-13-28)22-6-4-3-5-7-22/h3-9,14-17,26H,10-13H2,1-2H3. The third-order valence-corrected chi connectivity index (χ3v) is 5.33. The number of pyridine rings is 1. The zero-order valence-corrected chi connectivity index (χ0v) is 16.9. The Morgan fingerprint density at radius 3 is 2.41 bits per heavy atom. The van der Waals surface area contributed by atoms with E-state index in [9.17, 15) is 4.79 Å². The van der Waals surface area contributed by atoms with E-state index in [0.29, 0.717) is 18.7 Å². The van der Waals surface area contributed by atoms with Crippen molar-refractivity contribution < 1.29 is 4.79 Å². The van der Waals surface area contributed by atoms with Gasteiger partial charge in [0.15, 0.2) is 0 Å². The van der Waals surface area contributed by atoms with Crippen LogP contribution in [0.15, 0.2) is 67.0 Å². The largest absolute Gasteiger partial charge is 0.368 e. The molecule has 0 saturated carbocycles. The fourth-order valence-electron chi connectivity index (χ4n) is 3.72. The number of nitrogens with one attached hydrogen (secondary N) is 1. The molecular weight excluding hydrogens is 360 g/mol. The normalized spacial score (nSPS) is 14.0. The number of rotatable bonds is 4. The summed E-state index contributed by atoms with van der Waals surface area (Å²) < 4.78 is 0. The molecule has 1 fully saturated rings. The summed E-state index contributed by atoms with van der Waals surface area (Å²) >= 11 is 0. The first kappa shape index (κ1) is 19.0. The molecule has 0 radical (unpaired) electrons. The van der Waals surface area contributed by atoms with E-state index in [1.54, 1.807) is 12.4 Å². The van der Waals surface area contributed by atoms with E-state index in [-0.39, 0.29) is 5.91 Å². The van der Waals surface area contributed by atoms with Gasteiger partial charge in [-0.3, -0.25) is 9.78 Å². The summed E-state index contributed by atoms with van der Waals surface area (Å²) in [5.41, 5.74) is 6.07. The average molecular weight is 386 g/mol. The van der Waals surface area contributed by atoms with Gasteiger partial charge in [-0.25, -0.2) is 0 Å². The van der Waals surface area contributed by atoms with Crippen LogP contribution in [0, 0.1) is 13.8 Å². The van der Waals surface area contributed by atoms with Gasteiger partial charge < -0.3 is 15.1 Å². The molecule has 5 nitrogen and oxygen atoms in total. The van der Waals surface area contributed by atoms with E-state index in [1.807, 2.05) is 29.2 Å². The summed E-state index contributed by atoms with van der Waals surface area (Å²) in [4.78, 5) is 21.5. The summed E-state index contributed by atoms with van der Waals surface area (Å²) in [7, 11) is 0. The van der Waals surface area contributed by atoms with Crippen molar-refractivity contribution in [1.29, 1.82) is 0 Å². The Labute approximate surface area is 172 Å². The maximum absolute atomic E-state index is 13.0. The van der Waals surface area contributed by atoms with E-state index >= 15 is 0 Å². The second kappa shape index (κ2) is 8.35. The fourth-order valence-corrected chi connectivity index (χ4v) is 3.72. The Morgan fingerprint density at radius 1 is 0.931 bits per heavy atom. The van der Waals surface area contributed by atoms with E-state index in [2.05, 4.69) is 59.4 Å². The van der Waals surface area contributed by atoms with E-state index < -0.39 is 0 Å². The number of aromatic nitrogens is 1. The number of nitrogens with zero attached hydrogens (tertiary/aromatic N) is 3. The van der Waals surface area contributed by atoms with Crippen molar-refractivity contribution in [3.05, 3.63) is 83.7 Å². The molecule has 0 unspecified atom stereocenters. The topological polar surface area (TPSA) is 48.5 Å². The zero-order chi connectivity index (χ0) is 20.2. The van der Waals surface area contributed by atoms with Gasteiger partial charge in [0.25, 0.3) is 5.91 Å². The highest BCUT2D eigenvalue weighted by molar-refractivity contribution is 5.95. The van der Waals surface area contributed by atoms with Crippen molar-refractivity contribution in [3.8, 4) is 0 Å². The third kappa shape index (κ3) is 4.40. The van der Waals surface area contributed by atoms with Gasteiger partial charge in [-0.05, 0) is 43.7 Å². The van der Waals surface area contributed by atoms with Crippen LogP contribution in [0.2, 0.25) is 0 Å². The second-order valence-corrected chi connectivity index (χ2v) is 7.52. The van der Waals surface area contributed by atoms with Crippen LogP contribution in [0.25, 0.3) is 0 Å². The highest BCUT2D eigenvalue weighted by atomic mass is 16.2. The number of anilines is 3. The van der Waals surface area contributed by atoms with Crippen molar-refractivity contribution in [2.75, 3.05) is 36.4 Å². The Bertz CT molecular complexity index is 995. The smallest absolute Gasteiger partial charge is 0.255 e.